The van der Waals surface area contributed by atoms with E-state index in [4.69, 9.17) is 0 Å². The zero-order valence-corrected chi connectivity index (χ0v) is 10.4. The van der Waals surface area contributed by atoms with Gasteiger partial charge >= 0.3 is 5.97 Å². The van der Waals surface area contributed by atoms with Crippen molar-refractivity contribution in [1.29, 1.82) is 0 Å². The smallest absolute Gasteiger partial charge is 0.338 e. The van der Waals surface area contributed by atoms with E-state index in [1.807, 2.05) is 0 Å². The molecule has 0 aromatic heterocycles. The highest BCUT2D eigenvalue weighted by atomic mass is 79.9. The van der Waals surface area contributed by atoms with Crippen molar-refractivity contribution in [3.8, 4) is 0 Å². The van der Waals surface area contributed by atoms with Crippen LogP contribution in [0.15, 0.2) is 12.1 Å². The van der Waals surface area contributed by atoms with E-state index in [1.54, 1.807) is 6.07 Å². The first-order valence-electron chi connectivity index (χ1n) is 4.43. The van der Waals surface area contributed by atoms with Crippen molar-refractivity contribution in [2.75, 3.05) is 7.11 Å². The van der Waals surface area contributed by atoms with E-state index < -0.39 is 10.9 Å². The quantitative estimate of drug-likeness (QED) is 0.371. The highest BCUT2D eigenvalue weighted by Crippen LogP contribution is 2.25. The molecule has 6 heteroatoms. The first-order chi connectivity index (χ1) is 7.51. The Balaban J connectivity index is 3.43. The van der Waals surface area contributed by atoms with Crippen molar-refractivity contribution in [2.45, 2.75) is 12.3 Å². The van der Waals surface area contributed by atoms with E-state index in [2.05, 4.69) is 20.7 Å². The Kier molecular flexibility index (Phi) is 4.00. The van der Waals surface area contributed by atoms with Crippen molar-refractivity contribution >= 4 is 27.6 Å². The summed E-state index contributed by atoms with van der Waals surface area (Å²) in [5.41, 5.74) is 1.14. The Morgan fingerprint density at radius 3 is 2.62 bits per heavy atom. The maximum Gasteiger partial charge on any atom is 0.338 e. The van der Waals surface area contributed by atoms with Gasteiger partial charge in [0.25, 0.3) is 5.69 Å². The molecule has 0 aliphatic heterocycles. The lowest BCUT2D eigenvalue weighted by molar-refractivity contribution is -0.385. The number of ether oxygens (including phenoxy) is 1. The van der Waals surface area contributed by atoms with Gasteiger partial charge in [-0.05, 0) is 18.6 Å². The number of nitro benzene ring substituents is 1. The minimum absolute atomic E-state index is 0.0719. The van der Waals surface area contributed by atoms with E-state index >= 15 is 0 Å². The zero-order valence-electron chi connectivity index (χ0n) is 8.82. The van der Waals surface area contributed by atoms with Gasteiger partial charge in [-0.15, -0.1) is 0 Å². The summed E-state index contributed by atoms with van der Waals surface area (Å²) in [7, 11) is 1.24. The second-order valence-corrected chi connectivity index (χ2v) is 3.73. The van der Waals surface area contributed by atoms with Crippen molar-refractivity contribution in [2.24, 2.45) is 0 Å². The molecule has 1 aromatic carbocycles. The normalized spacial score (nSPS) is 9.94. The van der Waals surface area contributed by atoms with Crippen molar-refractivity contribution in [3.63, 3.8) is 0 Å². The molecule has 0 atom stereocenters. The van der Waals surface area contributed by atoms with E-state index in [1.165, 1.54) is 20.1 Å². The number of carbonyl (C=O) groups is 1. The van der Waals surface area contributed by atoms with Gasteiger partial charge in [-0.2, -0.15) is 0 Å². The van der Waals surface area contributed by atoms with Gasteiger partial charge in [0.1, 0.15) is 0 Å². The molecule has 0 aliphatic rings. The summed E-state index contributed by atoms with van der Waals surface area (Å²) in [6.07, 6.45) is 0. The molecule has 0 spiro atoms. The number of rotatable bonds is 3. The zero-order chi connectivity index (χ0) is 12.3. The summed E-state index contributed by atoms with van der Waals surface area (Å²) in [6.45, 7) is 1.53. The summed E-state index contributed by atoms with van der Waals surface area (Å²) in [5.74, 6) is -0.566. The number of halogens is 1. The molecular weight excluding hydrogens is 278 g/mol. The van der Waals surface area contributed by atoms with Crippen LogP contribution in [0.2, 0.25) is 0 Å². The predicted octanol–water partition coefficient (Wildman–Crippen LogP) is 2.58. The predicted molar refractivity (Wildman–Crippen MR) is 61.8 cm³/mol. The van der Waals surface area contributed by atoms with Crippen LogP contribution in [0, 0.1) is 17.0 Å². The van der Waals surface area contributed by atoms with Crippen LogP contribution < -0.4 is 0 Å². The molecule has 0 unspecified atom stereocenters. The van der Waals surface area contributed by atoms with Crippen molar-refractivity contribution in [1.82, 2.24) is 0 Å². The van der Waals surface area contributed by atoms with Crippen LogP contribution in [0.25, 0.3) is 0 Å². The van der Waals surface area contributed by atoms with Gasteiger partial charge in [0.2, 0.25) is 0 Å². The lowest BCUT2D eigenvalue weighted by atomic mass is 10.0. The summed E-state index contributed by atoms with van der Waals surface area (Å²) in [5, 5.41) is 11.2. The number of benzene rings is 1. The lowest BCUT2D eigenvalue weighted by Crippen LogP contribution is -2.07. The fourth-order valence-corrected chi connectivity index (χ4v) is 1.67. The minimum Gasteiger partial charge on any atom is -0.465 e. The molecule has 0 saturated heterocycles. The van der Waals surface area contributed by atoms with E-state index in [-0.39, 0.29) is 11.3 Å². The number of methoxy groups -OCH3 is 1. The second kappa shape index (κ2) is 5.07. The number of hydrogen-bond donors (Lipinski definition) is 0. The maximum absolute atomic E-state index is 11.4. The summed E-state index contributed by atoms with van der Waals surface area (Å²) in [4.78, 5) is 21.7. The second-order valence-electron chi connectivity index (χ2n) is 3.17. The van der Waals surface area contributed by atoms with E-state index in [0.717, 1.165) is 0 Å². The number of nitro groups is 1. The molecule has 0 N–H and O–H groups in total. The largest absolute Gasteiger partial charge is 0.465 e. The van der Waals surface area contributed by atoms with Crippen molar-refractivity contribution < 1.29 is 14.5 Å². The number of carbonyl (C=O) groups excluding carboxylic acids is 1. The molecule has 16 heavy (non-hydrogen) atoms. The first-order valence-corrected chi connectivity index (χ1v) is 5.55. The van der Waals surface area contributed by atoms with Gasteiger partial charge in [0.15, 0.2) is 0 Å². The molecule has 0 fully saturated rings. The van der Waals surface area contributed by atoms with Gasteiger partial charge in [0.05, 0.1) is 17.6 Å². The summed E-state index contributed by atoms with van der Waals surface area (Å²) < 4.78 is 4.57. The molecule has 0 heterocycles. The summed E-state index contributed by atoms with van der Waals surface area (Å²) in [6, 6.07) is 3.03. The molecule has 0 saturated carbocycles. The van der Waals surface area contributed by atoms with Crippen LogP contribution in [0.3, 0.4) is 0 Å². The van der Waals surface area contributed by atoms with E-state index in [9.17, 15) is 14.9 Å². The molecular formula is C10H10BrNO4. The van der Waals surface area contributed by atoms with Crippen LogP contribution in [0.5, 0.6) is 0 Å². The average molecular weight is 288 g/mol. The maximum atomic E-state index is 11.4. The number of alkyl halides is 1. The monoisotopic (exact) mass is 287 g/mol. The van der Waals surface area contributed by atoms with Crippen molar-refractivity contribution in [3.05, 3.63) is 38.9 Å². The molecule has 0 aliphatic carbocycles. The molecule has 5 nitrogen and oxygen atoms in total. The Morgan fingerprint density at radius 2 is 2.19 bits per heavy atom. The highest BCUT2D eigenvalue weighted by molar-refractivity contribution is 9.08. The van der Waals surface area contributed by atoms with Crippen LogP contribution in [0.1, 0.15) is 21.5 Å². The minimum atomic E-state index is -0.566. The standard InChI is InChI=1S/C10H10BrNO4/c1-6-8(10(13)16-2)3-7(5-11)4-9(6)12(14)15/h3-4H,5H2,1-2H3. The third kappa shape index (κ3) is 2.38. The third-order valence-electron chi connectivity index (χ3n) is 2.20. The van der Waals surface area contributed by atoms with Crippen LogP contribution >= 0.6 is 15.9 Å². The van der Waals surface area contributed by atoms with Crippen LogP contribution in [-0.2, 0) is 10.1 Å². The molecule has 1 rings (SSSR count). The molecule has 0 amide bonds. The van der Waals surface area contributed by atoms with Gasteiger partial charge in [-0.3, -0.25) is 10.1 Å². The van der Waals surface area contributed by atoms with Gasteiger partial charge in [0, 0.05) is 17.0 Å². The lowest BCUT2D eigenvalue weighted by Gasteiger charge is -2.06. The van der Waals surface area contributed by atoms with Crippen LogP contribution in [-0.4, -0.2) is 18.0 Å². The molecule has 86 valence electrons. The Morgan fingerprint density at radius 1 is 1.56 bits per heavy atom. The van der Waals surface area contributed by atoms with Gasteiger partial charge < -0.3 is 4.74 Å². The fourth-order valence-electron chi connectivity index (χ4n) is 1.35. The Labute approximate surface area is 101 Å². The summed E-state index contributed by atoms with van der Waals surface area (Å²) >= 11 is 3.20. The topological polar surface area (TPSA) is 69.4 Å². The number of esters is 1. The first kappa shape index (κ1) is 12.6. The Hall–Kier alpha value is -1.43. The van der Waals surface area contributed by atoms with Crippen LogP contribution in [0.4, 0.5) is 5.69 Å². The van der Waals surface area contributed by atoms with E-state index in [0.29, 0.717) is 16.5 Å². The third-order valence-corrected chi connectivity index (χ3v) is 2.84. The molecule has 1 aromatic rings. The Bertz CT molecular complexity index is 445. The highest BCUT2D eigenvalue weighted by Gasteiger charge is 2.20. The van der Waals surface area contributed by atoms with Gasteiger partial charge in [-0.25, -0.2) is 4.79 Å². The molecule has 0 bridgehead atoms. The fraction of sp³-hybridized carbons (Fsp3) is 0.300. The number of nitrogens with zero attached hydrogens (tertiary/aromatic N) is 1. The van der Waals surface area contributed by atoms with Gasteiger partial charge in [-0.1, -0.05) is 15.9 Å². The SMILES string of the molecule is COC(=O)c1cc(CBr)cc([N+](=O)[O-])c1C. The number of hydrogen-bond acceptors (Lipinski definition) is 4. The average Bonchev–Trinajstić information content (AvgIpc) is 2.28. The molecule has 0 radical (unpaired) electrons.